The number of hydrogen-bond acceptors (Lipinski definition) is 3. The Balaban J connectivity index is 1.40. The van der Waals surface area contributed by atoms with E-state index in [1.165, 1.54) is 44.2 Å². The zero-order valence-electron chi connectivity index (χ0n) is 19.0. The number of aromatic nitrogens is 2. The molecule has 1 fully saturated rings. The van der Waals surface area contributed by atoms with Crippen molar-refractivity contribution < 1.29 is 18.0 Å². The van der Waals surface area contributed by atoms with E-state index in [0.29, 0.717) is 23.7 Å². The van der Waals surface area contributed by atoms with Gasteiger partial charge in [0.2, 0.25) is 11.9 Å². The van der Waals surface area contributed by atoms with Gasteiger partial charge >= 0.3 is 6.18 Å². The molecule has 176 valence electrons. The maximum atomic E-state index is 12.7. The summed E-state index contributed by atoms with van der Waals surface area (Å²) in [6.45, 7) is 0. The van der Waals surface area contributed by atoms with Crippen molar-refractivity contribution in [1.29, 1.82) is 0 Å². The number of anilines is 2. The van der Waals surface area contributed by atoms with Crippen molar-refractivity contribution in [2.75, 3.05) is 17.3 Å². The molecule has 4 rings (SSSR count). The molecular formula is C25H29F3N4O. The Kier molecular flexibility index (Phi) is 6.63. The molecule has 1 aromatic heterocycles. The topological polar surface area (TPSA) is 50.2 Å². The molecule has 5 nitrogen and oxygen atoms in total. The van der Waals surface area contributed by atoms with Crippen LogP contribution < -0.4 is 10.2 Å². The monoisotopic (exact) mass is 458 g/mol. The molecule has 0 saturated heterocycles. The fourth-order valence-corrected chi connectivity index (χ4v) is 4.54. The number of imidazole rings is 1. The van der Waals surface area contributed by atoms with E-state index in [-0.39, 0.29) is 12.3 Å². The third-order valence-corrected chi connectivity index (χ3v) is 6.50. The molecule has 1 heterocycles. The van der Waals surface area contributed by atoms with Crippen LogP contribution in [0.2, 0.25) is 0 Å². The second kappa shape index (κ2) is 9.45. The average Bonchev–Trinajstić information content (AvgIpc) is 3.13. The largest absolute Gasteiger partial charge is 0.416 e. The number of nitrogens with zero attached hydrogens (tertiary/aromatic N) is 3. The van der Waals surface area contributed by atoms with Gasteiger partial charge in [0, 0.05) is 32.2 Å². The highest BCUT2D eigenvalue weighted by Gasteiger charge is 2.30. The number of carbonyl (C=O) groups is 1. The van der Waals surface area contributed by atoms with Crippen LogP contribution in [0.15, 0.2) is 42.5 Å². The first-order valence-corrected chi connectivity index (χ1v) is 11.4. The van der Waals surface area contributed by atoms with E-state index in [9.17, 15) is 18.0 Å². The van der Waals surface area contributed by atoms with E-state index in [1.807, 2.05) is 25.2 Å². The summed E-state index contributed by atoms with van der Waals surface area (Å²) in [4.78, 5) is 19.5. The molecule has 33 heavy (non-hydrogen) atoms. The molecule has 1 saturated carbocycles. The number of fused-ring (bicyclic) bond motifs is 1. The highest BCUT2D eigenvalue weighted by molar-refractivity contribution is 5.93. The molecule has 3 aromatic rings. The van der Waals surface area contributed by atoms with Crippen molar-refractivity contribution in [1.82, 2.24) is 9.55 Å². The van der Waals surface area contributed by atoms with Crippen LogP contribution >= 0.6 is 0 Å². The molecule has 1 amide bonds. The standard InChI is InChI=1S/C25H29F3N4O/c1-31(20-6-4-3-5-7-20)24-30-21-14-13-19(16-22(21)32(24)2)29-23(33)15-10-17-8-11-18(12-9-17)25(26,27)28/h8-9,11-14,16,20H,3-7,10,15H2,1-2H3,(H,29,33). The lowest BCUT2D eigenvalue weighted by Gasteiger charge is -2.31. The van der Waals surface area contributed by atoms with Crippen LogP contribution in [0.5, 0.6) is 0 Å². The minimum atomic E-state index is -4.36. The molecular weight excluding hydrogens is 429 g/mol. The van der Waals surface area contributed by atoms with Gasteiger partial charge in [-0.15, -0.1) is 0 Å². The first kappa shape index (κ1) is 23.1. The molecule has 1 aliphatic carbocycles. The molecule has 1 N–H and O–H groups in total. The van der Waals surface area contributed by atoms with Crippen LogP contribution in [-0.2, 0) is 24.4 Å². The van der Waals surface area contributed by atoms with Gasteiger partial charge in [0.05, 0.1) is 16.6 Å². The fourth-order valence-electron chi connectivity index (χ4n) is 4.54. The average molecular weight is 459 g/mol. The van der Waals surface area contributed by atoms with E-state index < -0.39 is 11.7 Å². The van der Waals surface area contributed by atoms with Gasteiger partial charge in [-0.05, 0) is 55.2 Å². The van der Waals surface area contributed by atoms with Gasteiger partial charge in [0.25, 0.3) is 0 Å². The second-order valence-electron chi connectivity index (χ2n) is 8.82. The van der Waals surface area contributed by atoms with Gasteiger partial charge in [-0.1, -0.05) is 31.4 Å². The number of amides is 1. The van der Waals surface area contributed by atoms with Gasteiger partial charge in [-0.2, -0.15) is 13.2 Å². The summed E-state index contributed by atoms with van der Waals surface area (Å²) in [5.41, 5.74) is 2.49. The Labute approximate surface area is 191 Å². The highest BCUT2D eigenvalue weighted by Crippen LogP contribution is 2.30. The zero-order chi connectivity index (χ0) is 23.6. The molecule has 1 aliphatic rings. The van der Waals surface area contributed by atoms with Gasteiger partial charge in [0.1, 0.15) is 0 Å². The van der Waals surface area contributed by atoms with Gasteiger partial charge < -0.3 is 14.8 Å². The predicted octanol–water partition coefficient (Wildman–Crippen LogP) is 5.93. The van der Waals surface area contributed by atoms with Crippen LogP contribution in [0.25, 0.3) is 11.0 Å². The smallest absolute Gasteiger partial charge is 0.342 e. The molecule has 8 heteroatoms. The van der Waals surface area contributed by atoms with Crippen molar-refractivity contribution in [3.05, 3.63) is 53.6 Å². The molecule has 0 aliphatic heterocycles. The number of benzene rings is 2. The SMILES string of the molecule is CN(c1nc2ccc(NC(=O)CCc3ccc(C(F)(F)F)cc3)cc2n1C)C1CCCCC1. The Morgan fingerprint density at radius 2 is 1.82 bits per heavy atom. The third-order valence-electron chi connectivity index (χ3n) is 6.50. The summed E-state index contributed by atoms with van der Waals surface area (Å²) in [5.74, 6) is 0.735. The lowest BCUT2D eigenvalue weighted by atomic mass is 9.95. The minimum absolute atomic E-state index is 0.184. The fraction of sp³-hybridized carbons (Fsp3) is 0.440. The summed E-state index contributed by atoms with van der Waals surface area (Å²) in [7, 11) is 4.08. The van der Waals surface area contributed by atoms with Crippen molar-refractivity contribution in [3.63, 3.8) is 0 Å². The minimum Gasteiger partial charge on any atom is -0.342 e. The maximum Gasteiger partial charge on any atom is 0.416 e. The normalized spacial score (nSPS) is 15.1. The van der Waals surface area contributed by atoms with Crippen LogP contribution in [-0.4, -0.2) is 28.5 Å². The summed E-state index contributed by atoms with van der Waals surface area (Å²) < 4.78 is 40.1. The van der Waals surface area contributed by atoms with E-state index in [4.69, 9.17) is 4.98 Å². The van der Waals surface area contributed by atoms with Crippen LogP contribution in [0.4, 0.5) is 24.8 Å². The van der Waals surface area contributed by atoms with Crippen LogP contribution in [0.3, 0.4) is 0 Å². The van der Waals surface area contributed by atoms with E-state index in [0.717, 1.165) is 29.1 Å². The summed E-state index contributed by atoms with van der Waals surface area (Å²) >= 11 is 0. The highest BCUT2D eigenvalue weighted by atomic mass is 19.4. The van der Waals surface area contributed by atoms with E-state index >= 15 is 0 Å². The molecule has 0 spiro atoms. The number of carbonyl (C=O) groups excluding carboxylic acids is 1. The Morgan fingerprint density at radius 1 is 1.12 bits per heavy atom. The number of hydrogen-bond donors (Lipinski definition) is 1. The molecule has 0 atom stereocenters. The van der Waals surface area contributed by atoms with Gasteiger partial charge in [0.15, 0.2) is 0 Å². The first-order chi connectivity index (χ1) is 15.7. The quantitative estimate of drug-likeness (QED) is 0.498. The lowest BCUT2D eigenvalue weighted by Crippen LogP contribution is -2.35. The molecule has 0 bridgehead atoms. The van der Waals surface area contributed by atoms with Gasteiger partial charge in [-0.3, -0.25) is 4.79 Å². The van der Waals surface area contributed by atoms with E-state index in [2.05, 4.69) is 21.8 Å². The number of aryl methyl sites for hydroxylation is 2. The summed E-state index contributed by atoms with van der Waals surface area (Å²) in [5, 5.41) is 2.90. The summed E-state index contributed by atoms with van der Waals surface area (Å²) in [6.07, 6.45) is 2.36. The second-order valence-corrected chi connectivity index (χ2v) is 8.82. The number of halogens is 3. The van der Waals surface area contributed by atoms with Crippen molar-refractivity contribution in [2.24, 2.45) is 7.05 Å². The summed E-state index contributed by atoms with van der Waals surface area (Å²) in [6, 6.07) is 11.1. The number of rotatable bonds is 6. The first-order valence-electron chi connectivity index (χ1n) is 11.4. The van der Waals surface area contributed by atoms with Crippen molar-refractivity contribution in [3.8, 4) is 0 Å². The van der Waals surface area contributed by atoms with Crippen molar-refractivity contribution >= 4 is 28.6 Å². The lowest BCUT2D eigenvalue weighted by molar-refractivity contribution is -0.137. The Bertz CT molecular complexity index is 1120. The Morgan fingerprint density at radius 3 is 2.48 bits per heavy atom. The van der Waals surface area contributed by atoms with E-state index in [1.54, 1.807) is 0 Å². The van der Waals surface area contributed by atoms with Crippen LogP contribution in [0, 0.1) is 0 Å². The predicted molar refractivity (Wildman–Crippen MR) is 124 cm³/mol. The molecule has 0 unspecified atom stereocenters. The Hall–Kier alpha value is -3.03. The number of nitrogens with one attached hydrogen (secondary N) is 1. The zero-order valence-corrected chi connectivity index (χ0v) is 19.0. The molecule has 2 aromatic carbocycles. The molecule has 0 radical (unpaired) electrons. The van der Waals surface area contributed by atoms with Crippen molar-refractivity contribution in [2.45, 2.75) is 57.2 Å². The van der Waals surface area contributed by atoms with Crippen LogP contribution in [0.1, 0.15) is 49.7 Å². The third kappa shape index (κ3) is 5.31. The number of alkyl halides is 3. The maximum absolute atomic E-state index is 12.7. The van der Waals surface area contributed by atoms with Gasteiger partial charge in [-0.25, -0.2) is 4.98 Å².